The number of aryl methyl sites for hydroxylation is 1. The zero-order valence-corrected chi connectivity index (χ0v) is 13.4. The van der Waals surface area contributed by atoms with Gasteiger partial charge in [-0.2, -0.15) is 0 Å². The van der Waals surface area contributed by atoms with Crippen LogP contribution in [0, 0.1) is 0 Å². The summed E-state index contributed by atoms with van der Waals surface area (Å²) in [6.45, 7) is 5.38. The van der Waals surface area contributed by atoms with Gasteiger partial charge in [0.1, 0.15) is 5.01 Å². The fraction of sp³-hybridized carbons (Fsp3) is 0.471. The molecule has 0 radical (unpaired) electrons. The van der Waals surface area contributed by atoms with Gasteiger partial charge in [0.15, 0.2) is 0 Å². The van der Waals surface area contributed by atoms with Crippen LogP contribution in [0.1, 0.15) is 29.7 Å². The molecule has 0 spiro atoms. The monoisotopic (exact) mass is 301 g/mol. The molecule has 1 aliphatic heterocycles. The summed E-state index contributed by atoms with van der Waals surface area (Å²) in [5, 5.41) is 4.89. The van der Waals surface area contributed by atoms with E-state index in [1.807, 2.05) is 17.5 Å². The molecule has 2 heterocycles. The maximum absolute atomic E-state index is 4.48. The molecule has 0 amide bonds. The summed E-state index contributed by atoms with van der Waals surface area (Å²) >= 11 is 1.83. The van der Waals surface area contributed by atoms with Crippen molar-refractivity contribution >= 4 is 17.0 Å². The first-order valence-corrected chi connectivity index (χ1v) is 8.63. The lowest BCUT2D eigenvalue weighted by atomic mass is 10.0. The van der Waals surface area contributed by atoms with E-state index in [2.05, 4.69) is 52.5 Å². The van der Waals surface area contributed by atoms with Gasteiger partial charge >= 0.3 is 0 Å². The molecule has 0 bridgehead atoms. The quantitative estimate of drug-likeness (QED) is 0.916. The Morgan fingerprint density at radius 2 is 2.00 bits per heavy atom. The Bertz CT molecular complexity index is 544. The van der Waals surface area contributed by atoms with Crippen LogP contribution in [0.2, 0.25) is 0 Å². The van der Waals surface area contributed by atoms with Gasteiger partial charge < -0.3 is 10.2 Å². The van der Waals surface area contributed by atoms with E-state index in [1.54, 1.807) is 0 Å². The van der Waals surface area contributed by atoms with Crippen LogP contribution >= 0.6 is 11.3 Å². The van der Waals surface area contributed by atoms with E-state index in [9.17, 15) is 0 Å². The maximum atomic E-state index is 4.48. The molecule has 4 heteroatoms. The lowest BCUT2D eigenvalue weighted by Gasteiger charge is -2.34. The summed E-state index contributed by atoms with van der Waals surface area (Å²) < 4.78 is 0. The predicted molar refractivity (Wildman–Crippen MR) is 90.0 cm³/mol. The van der Waals surface area contributed by atoms with Crippen molar-refractivity contribution in [3.05, 3.63) is 46.4 Å². The largest absolute Gasteiger partial charge is 0.371 e. The zero-order valence-electron chi connectivity index (χ0n) is 12.6. The second-order valence-corrected chi connectivity index (χ2v) is 6.75. The Balaban J connectivity index is 1.45. The van der Waals surface area contributed by atoms with Gasteiger partial charge in [-0.25, -0.2) is 4.98 Å². The molecule has 0 unspecified atom stereocenters. The van der Waals surface area contributed by atoms with Crippen LogP contribution in [-0.2, 0) is 13.0 Å². The molecular weight excluding hydrogens is 278 g/mol. The highest BCUT2D eigenvalue weighted by Crippen LogP contribution is 2.20. The van der Waals surface area contributed by atoms with E-state index in [0.29, 0.717) is 6.04 Å². The summed E-state index contributed by atoms with van der Waals surface area (Å²) in [6.07, 6.45) is 5.52. The van der Waals surface area contributed by atoms with E-state index in [1.165, 1.54) is 28.4 Å². The smallest absolute Gasteiger partial charge is 0.107 e. The Morgan fingerprint density at radius 3 is 2.67 bits per heavy atom. The summed E-state index contributed by atoms with van der Waals surface area (Å²) in [5.41, 5.74) is 1.35. The van der Waals surface area contributed by atoms with Gasteiger partial charge in [0.2, 0.25) is 0 Å². The zero-order chi connectivity index (χ0) is 14.5. The molecular formula is C17H23N3S. The van der Waals surface area contributed by atoms with Gasteiger partial charge in [0.25, 0.3) is 0 Å². The van der Waals surface area contributed by atoms with E-state index in [0.717, 1.165) is 26.1 Å². The first-order valence-electron chi connectivity index (χ1n) is 7.82. The second kappa shape index (κ2) is 7.05. The number of nitrogens with zero attached hydrogens (tertiary/aromatic N) is 2. The topological polar surface area (TPSA) is 28.2 Å². The van der Waals surface area contributed by atoms with Crippen LogP contribution in [0.3, 0.4) is 0 Å². The van der Waals surface area contributed by atoms with Crippen LogP contribution in [0.25, 0.3) is 0 Å². The highest BCUT2D eigenvalue weighted by Gasteiger charge is 2.19. The molecule has 1 N–H and O–H groups in total. The minimum Gasteiger partial charge on any atom is -0.371 e. The van der Waals surface area contributed by atoms with Crippen LogP contribution in [0.15, 0.2) is 36.5 Å². The Kier molecular flexibility index (Phi) is 4.88. The van der Waals surface area contributed by atoms with E-state index >= 15 is 0 Å². The number of thiazole rings is 1. The normalized spacial score (nSPS) is 16.3. The molecule has 2 aromatic rings. The SMILES string of the molecule is CCc1cnc(CNC2CCN(c3ccccc3)CC2)s1. The van der Waals surface area contributed by atoms with Crippen molar-refractivity contribution in [3.63, 3.8) is 0 Å². The van der Waals surface area contributed by atoms with Crippen LogP contribution in [0.4, 0.5) is 5.69 Å². The minimum atomic E-state index is 0.624. The lowest BCUT2D eigenvalue weighted by Crippen LogP contribution is -2.42. The summed E-state index contributed by atoms with van der Waals surface area (Å²) in [7, 11) is 0. The number of hydrogen-bond donors (Lipinski definition) is 1. The molecule has 1 aromatic heterocycles. The standard InChI is InChI=1S/C17H23N3S/c1-2-16-12-19-17(21-16)13-18-14-8-10-20(11-9-14)15-6-4-3-5-7-15/h3-7,12,14,18H,2,8-11,13H2,1H3. The number of rotatable bonds is 5. The fourth-order valence-electron chi connectivity index (χ4n) is 2.81. The predicted octanol–water partition coefficient (Wildman–Crippen LogP) is 3.46. The summed E-state index contributed by atoms with van der Waals surface area (Å²) in [6, 6.07) is 11.3. The maximum Gasteiger partial charge on any atom is 0.107 e. The van der Waals surface area contributed by atoms with Crippen molar-refractivity contribution < 1.29 is 0 Å². The molecule has 1 fully saturated rings. The third kappa shape index (κ3) is 3.83. The van der Waals surface area contributed by atoms with Crippen molar-refractivity contribution in [2.75, 3.05) is 18.0 Å². The van der Waals surface area contributed by atoms with Gasteiger partial charge in [-0.1, -0.05) is 25.1 Å². The molecule has 0 aliphatic carbocycles. The van der Waals surface area contributed by atoms with Crippen molar-refractivity contribution in [1.29, 1.82) is 0 Å². The van der Waals surface area contributed by atoms with E-state index < -0.39 is 0 Å². The van der Waals surface area contributed by atoms with Gasteiger partial charge in [0.05, 0.1) is 0 Å². The van der Waals surface area contributed by atoms with Crippen molar-refractivity contribution in [2.24, 2.45) is 0 Å². The first kappa shape index (κ1) is 14.5. The average Bonchev–Trinajstić information content (AvgIpc) is 3.02. The van der Waals surface area contributed by atoms with Gasteiger partial charge in [0, 0.05) is 42.4 Å². The molecule has 21 heavy (non-hydrogen) atoms. The van der Waals surface area contributed by atoms with Gasteiger partial charge in [-0.15, -0.1) is 11.3 Å². The Labute approximate surface area is 131 Å². The molecule has 3 rings (SSSR count). The van der Waals surface area contributed by atoms with Crippen LogP contribution in [-0.4, -0.2) is 24.1 Å². The number of nitrogens with one attached hydrogen (secondary N) is 1. The van der Waals surface area contributed by atoms with Crippen molar-refractivity contribution in [3.8, 4) is 0 Å². The number of anilines is 1. The minimum absolute atomic E-state index is 0.624. The highest BCUT2D eigenvalue weighted by atomic mass is 32.1. The Hall–Kier alpha value is -1.39. The van der Waals surface area contributed by atoms with Crippen molar-refractivity contribution in [1.82, 2.24) is 10.3 Å². The number of hydrogen-bond acceptors (Lipinski definition) is 4. The molecule has 1 saturated heterocycles. The number of aromatic nitrogens is 1. The third-order valence-corrected chi connectivity index (χ3v) is 5.25. The number of benzene rings is 1. The Morgan fingerprint density at radius 1 is 1.24 bits per heavy atom. The molecule has 3 nitrogen and oxygen atoms in total. The lowest BCUT2D eigenvalue weighted by molar-refractivity contribution is 0.414. The van der Waals surface area contributed by atoms with Gasteiger partial charge in [-0.3, -0.25) is 0 Å². The molecule has 1 aliphatic rings. The molecule has 0 saturated carbocycles. The summed E-state index contributed by atoms with van der Waals surface area (Å²) in [4.78, 5) is 8.34. The van der Waals surface area contributed by atoms with E-state index in [-0.39, 0.29) is 0 Å². The van der Waals surface area contributed by atoms with Gasteiger partial charge in [-0.05, 0) is 31.4 Å². The highest BCUT2D eigenvalue weighted by molar-refractivity contribution is 7.11. The third-order valence-electron chi connectivity index (χ3n) is 4.11. The fourth-order valence-corrected chi connectivity index (χ4v) is 3.62. The second-order valence-electron chi connectivity index (χ2n) is 5.55. The molecule has 0 atom stereocenters. The summed E-state index contributed by atoms with van der Waals surface area (Å²) in [5.74, 6) is 0. The molecule has 112 valence electrons. The van der Waals surface area contributed by atoms with Crippen molar-refractivity contribution in [2.45, 2.75) is 38.8 Å². The van der Waals surface area contributed by atoms with Crippen LogP contribution < -0.4 is 10.2 Å². The van der Waals surface area contributed by atoms with Crippen LogP contribution in [0.5, 0.6) is 0 Å². The molecule has 1 aromatic carbocycles. The first-order chi connectivity index (χ1) is 10.3. The average molecular weight is 301 g/mol. The number of para-hydroxylation sites is 1. The number of piperidine rings is 1. The van der Waals surface area contributed by atoms with E-state index in [4.69, 9.17) is 0 Å².